The highest BCUT2D eigenvalue weighted by Crippen LogP contribution is 2.22. The molecule has 0 amide bonds. The number of aromatic amines is 1. The van der Waals surface area contributed by atoms with E-state index >= 15 is 0 Å². The Balaban J connectivity index is 0.00000280. The van der Waals surface area contributed by atoms with Crippen molar-refractivity contribution in [1.29, 1.82) is 0 Å². The second-order valence-electron chi connectivity index (χ2n) is 6.74. The topological polar surface area (TPSA) is 65.1 Å². The van der Waals surface area contributed by atoms with E-state index in [9.17, 15) is 0 Å². The van der Waals surface area contributed by atoms with Gasteiger partial charge < -0.3 is 15.6 Å². The number of aromatic nitrogens is 2. The molecule has 0 aliphatic rings. The fourth-order valence-corrected chi connectivity index (χ4v) is 4.31. The van der Waals surface area contributed by atoms with Crippen LogP contribution in [0.4, 0.5) is 0 Å². The molecule has 0 spiro atoms. The normalized spacial score (nSPS) is 11.5. The zero-order valence-corrected chi connectivity index (χ0v) is 20.2. The lowest BCUT2D eigenvalue weighted by Crippen LogP contribution is -2.38. The van der Waals surface area contributed by atoms with E-state index in [1.165, 1.54) is 26.9 Å². The number of aryl methyl sites for hydroxylation is 3. The molecule has 0 saturated heterocycles. The van der Waals surface area contributed by atoms with Gasteiger partial charge in [0.05, 0.1) is 10.7 Å². The van der Waals surface area contributed by atoms with Crippen LogP contribution in [0.2, 0.25) is 0 Å². The molecule has 0 aliphatic heterocycles. The van der Waals surface area contributed by atoms with Crippen molar-refractivity contribution in [3.8, 4) is 0 Å². The minimum Gasteiger partial charge on any atom is -0.361 e. The number of hydrogen-bond acceptors (Lipinski definition) is 3. The number of H-pyrrole nitrogens is 1. The van der Waals surface area contributed by atoms with Crippen molar-refractivity contribution in [2.45, 2.75) is 40.5 Å². The lowest BCUT2D eigenvalue weighted by Gasteiger charge is -2.11. The molecule has 7 heteroatoms. The van der Waals surface area contributed by atoms with Crippen LogP contribution in [0, 0.1) is 20.8 Å². The quantitative estimate of drug-likeness (QED) is 0.249. The number of nitrogens with one attached hydrogen (secondary N) is 3. The van der Waals surface area contributed by atoms with Crippen LogP contribution in [-0.4, -0.2) is 35.6 Å². The van der Waals surface area contributed by atoms with Gasteiger partial charge in [-0.25, -0.2) is 4.98 Å². The first kappa shape index (κ1) is 22.7. The highest BCUT2D eigenvalue weighted by molar-refractivity contribution is 14.0. The monoisotopic (exact) mass is 511 g/mol. The smallest absolute Gasteiger partial charge is 0.191 e. The molecule has 3 aromatic rings. The molecule has 152 valence electrons. The van der Waals surface area contributed by atoms with E-state index in [4.69, 9.17) is 4.99 Å². The summed E-state index contributed by atoms with van der Waals surface area (Å²) in [5.74, 6) is 0.882. The van der Waals surface area contributed by atoms with Gasteiger partial charge in [0, 0.05) is 48.0 Å². The number of hydrogen-bond donors (Lipinski definition) is 3. The molecule has 0 aliphatic carbocycles. The number of halogens is 1. The third-order valence-electron chi connectivity index (χ3n) is 4.64. The van der Waals surface area contributed by atoms with Crippen molar-refractivity contribution in [2.75, 3.05) is 19.6 Å². The Morgan fingerprint density at radius 1 is 1.18 bits per heavy atom. The minimum absolute atomic E-state index is 0. The highest BCUT2D eigenvalue weighted by atomic mass is 127. The number of aliphatic imine (C=N–C) groups is 1. The highest BCUT2D eigenvalue weighted by Gasteiger charge is 2.07. The number of nitrogens with zero attached hydrogens (tertiary/aromatic N) is 2. The third-order valence-corrected chi connectivity index (χ3v) is 5.77. The maximum absolute atomic E-state index is 4.72. The average molecular weight is 511 g/mol. The number of guanidine groups is 1. The van der Waals surface area contributed by atoms with Crippen molar-refractivity contribution in [3.05, 3.63) is 51.1 Å². The van der Waals surface area contributed by atoms with Gasteiger partial charge in [-0.15, -0.1) is 35.3 Å². The van der Waals surface area contributed by atoms with E-state index in [1.807, 2.05) is 0 Å². The minimum atomic E-state index is 0. The Kier molecular flexibility index (Phi) is 8.75. The van der Waals surface area contributed by atoms with Gasteiger partial charge in [-0.2, -0.15) is 0 Å². The number of rotatable bonds is 7. The van der Waals surface area contributed by atoms with E-state index in [-0.39, 0.29) is 24.0 Å². The fraction of sp³-hybridized carbons (Fsp3) is 0.429. The van der Waals surface area contributed by atoms with Gasteiger partial charge in [-0.1, -0.05) is 12.1 Å². The van der Waals surface area contributed by atoms with Gasteiger partial charge >= 0.3 is 0 Å². The van der Waals surface area contributed by atoms with Crippen LogP contribution in [0.1, 0.15) is 33.6 Å². The van der Waals surface area contributed by atoms with Crippen LogP contribution >= 0.6 is 35.3 Å². The van der Waals surface area contributed by atoms with Crippen LogP contribution in [0.15, 0.2) is 29.4 Å². The molecular weight excluding hydrogens is 481 g/mol. The molecule has 3 rings (SSSR count). The summed E-state index contributed by atoms with van der Waals surface area (Å²) in [6.07, 6.45) is 4.02. The van der Waals surface area contributed by atoms with E-state index in [0.29, 0.717) is 0 Å². The summed E-state index contributed by atoms with van der Waals surface area (Å²) in [7, 11) is 0. The second-order valence-corrected chi connectivity index (χ2v) is 8.03. The largest absolute Gasteiger partial charge is 0.361 e. The Hall–Kier alpha value is -1.61. The van der Waals surface area contributed by atoms with E-state index < -0.39 is 0 Å². The molecule has 3 N–H and O–H groups in total. The maximum atomic E-state index is 4.72. The summed E-state index contributed by atoms with van der Waals surface area (Å²) in [5, 5.41) is 9.27. The van der Waals surface area contributed by atoms with Crippen molar-refractivity contribution >= 4 is 52.2 Å². The summed E-state index contributed by atoms with van der Waals surface area (Å²) < 4.78 is 0. The molecule has 2 heterocycles. The van der Waals surface area contributed by atoms with Crippen molar-refractivity contribution < 1.29 is 0 Å². The predicted molar refractivity (Wildman–Crippen MR) is 131 cm³/mol. The molecular formula is C21H30IN5S. The molecule has 5 nitrogen and oxygen atoms in total. The lowest BCUT2D eigenvalue weighted by molar-refractivity contribution is 0.799. The van der Waals surface area contributed by atoms with Gasteiger partial charge in [0.1, 0.15) is 0 Å². The standard InChI is InChI=1S/C21H29N5S.HI/c1-5-22-21(24-12-10-19-15(3)26-16(4)27-19)23-11-9-17-13-25-18-8-6-7-14(2)20(17)18;/h6-8,13,25H,5,9-12H2,1-4H3,(H2,22,23,24);1H. The van der Waals surface area contributed by atoms with Crippen molar-refractivity contribution in [2.24, 2.45) is 4.99 Å². The van der Waals surface area contributed by atoms with Gasteiger partial charge in [0.25, 0.3) is 0 Å². The van der Waals surface area contributed by atoms with Crippen LogP contribution < -0.4 is 10.6 Å². The van der Waals surface area contributed by atoms with E-state index in [0.717, 1.165) is 49.1 Å². The van der Waals surface area contributed by atoms with Crippen molar-refractivity contribution in [3.63, 3.8) is 0 Å². The molecule has 0 atom stereocenters. The van der Waals surface area contributed by atoms with Crippen LogP contribution in [0.3, 0.4) is 0 Å². The Bertz CT molecular complexity index is 928. The van der Waals surface area contributed by atoms with Gasteiger partial charge in [-0.3, -0.25) is 4.99 Å². The van der Waals surface area contributed by atoms with Crippen LogP contribution in [0.25, 0.3) is 10.9 Å². The number of benzene rings is 1. The Morgan fingerprint density at radius 2 is 2.00 bits per heavy atom. The molecule has 0 bridgehead atoms. The zero-order chi connectivity index (χ0) is 19.2. The first-order valence-electron chi connectivity index (χ1n) is 9.59. The van der Waals surface area contributed by atoms with E-state index in [1.54, 1.807) is 11.3 Å². The summed E-state index contributed by atoms with van der Waals surface area (Å²) >= 11 is 1.77. The summed E-state index contributed by atoms with van der Waals surface area (Å²) in [4.78, 5) is 13.9. The molecule has 1 aromatic carbocycles. The molecule has 0 radical (unpaired) electrons. The lowest BCUT2D eigenvalue weighted by atomic mass is 10.1. The molecule has 28 heavy (non-hydrogen) atoms. The summed E-state index contributed by atoms with van der Waals surface area (Å²) in [5.41, 5.74) is 5.02. The molecule has 0 fully saturated rings. The van der Waals surface area contributed by atoms with E-state index in [2.05, 4.69) is 72.7 Å². The molecule has 2 aromatic heterocycles. The Morgan fingerprint density at radius 3 is 2.71 bits per heavy atom. The first-order valence-corrected chi connectivity index (χ1v) is 10.4. The zero-order valence-electron chi connectivity index (χ0n) is 17.1. The Labute approximate surface area is 188 Å². The summed E-state index contributed by atoms with van der Waals surface area (Å²) in [6.45, 7) is 10.9. The third kappa shape index (κ3) is 5.70. The summed E-state index contributed by atoms with van der Waals surface area (Å²) in [6, 6.07) is 6.40. The molecule has 0 saturated carbocycles. The van der Waals surface area contributed by atoms with Gasteiger partial charge in [0.2, 0.25) is 0 Å². The fourth-order valence-electron chi connectivity index (χ4n) is 3.38. The number of thiazole rings is 1. The van der Waals surface area contributed by atoms with Crippen LogP contribution in [0.5, 0.6) is 0 Å². The van der Waals surface area contributed by atoms with Crippen molar-refractivity contribution in [1.82, 2.24) is 20.6 Å². The predicted octanol–water partition coefficient (Wildman–Crippen LogP) is 4.51. The van der Waals surface area contributed by atoms with Crippen LogP contribution in [-0.2, 0) is 12.8 Å². The average Bonchev–Trinajstić information content (AvgIpc) is 3.19. The van der Waals surface area contributed by atoms with Gasteiger partial charge in [0.15, 0.2) is 5.96 Å². The van der Waals surface area contributed by atoms with Gasteiger partial charge in [-0.05, 0) is 51.3 Å². The SMILES string of the molecule is CCNC(=NCCc1sc(C)nc1C)NCCc1c[nH]c2cccc(C)c12.I. The first-order chi connectivity index (χ1) is 13.1. The number of fused-ring (bicyclic) bond motifs is 1. The maximum Gasteiger partial charge on any atom is 0.191 e. The second kappa shape index (κ2) is 10.8. The molecule has 0 unspecified atom stereocenters.